The van der Waals surface area contributed by atoms with Crippen LogP contribution in [0, 0.1) is 0 Å². The summed E-state index contributed by atoms with van der Waals surface area (Å²) in [5, 5.41) is 10.1. The topological polar surface area (TPSA) is 237 Å². The Morgan fingerprint density at radius 3 is 1.29 bits per heavy atom. The molecular formula is C32H60O17P2. The summed E-state index contributed by atoms with van der Waals surface area (Å²) < 4.78 is 64.7. The molecule has 5 atom stereocenters. The van der Waals surface area contributed by atoms with Gasteiger partial charge in [0.15, 0.2) is 12.2 Å². The van der Waals surface area contributed by atoms with Crippen molar-refractivity contribution in [2.45, 2.75) is 142 Å². The average Bonchev–Trinajstić information content (AvgIpc) is 3.09. The lowest BCUT2D eigenvalue weighted by Gasteiger charge is -2.21. The van der Waals surface area contributed by atoms with Crippen molar-refractivity contribution in [1.82, 2.24) is 0 Å². The molecule has 0 radical (unpaired) electrons. The molecule has 17 nitrogen and oxygen atoms in total. The Morgan fingerprint density at radius 1 is 0.490 bits per heavy atom. The highest BCUT2D eigenvalue weighted by molar-refractivity contribution is 7.47. The molecule has 2 unspecified atom stereocenters. The van der Waals surface area contributed by atoms with Crippen molar-refractivity contribution in [1.29, 1.82) is 0 Å². The van der Waals surface area contributed by atoms with Gasteiger partial charge in [0.2, 0.25) is 0 Å². The van der Waals surface area contributed by atoms with E-state index in [1.807, 2.05) is 13.8 Å². The molecule has 0 heterocycles. The summed E-state index contributed by atoms with van der Waals surface area (Å²) >= 11 is 0. The molecule has 19 heteroatoms. The van der Waals surface area contributed by atoms with Crippen molar-refractivity contribution in [2.75, 3.05) is 39.6 Å². The van der Waals surface area contributed by atoms with Crippen LogP contribution in [0.15, 0.2) is 0 Å². The molecule has 0 aliphatic rings. The molecule has 3 N–H and O–H groups in total. The van der Waals surface area contributed by atoms with Crippen molar-refractivity contribution >= 4 is 39.5 Å². The monoisotopic (exact) mass is 778 g/mol. The van der Waals surface area contributed by atoms with Crippen LogP contribution >= 0.6 is 15.6 Å². The molecule has 51 heavy (non-hydrogen) atoms. The summed E-state index contributed by atoms with van der Waals surface area (Å²) in [7, 11) is -9.75. The third-order valence-corrected chi connectivity index (χ3v) is 8.81. The van der Waals surface area contributed by atoms with Crippen LogP contribution in [0.25, 0.3) is 0 Å². The molecule has 0 saturated heterocycles. The number of esters is 4. The molecule has 0 rings (SSSR count). The smallest absolute Gasteiger partial charge is 0.462 e. The highest BCUT2D eigenvalue weighted by Gasteiger charge is 2.30. The first-order chi connectivity index (χ1) is 24.2. The maximum atomic E-state index is 12.5. The van der Waals surface area contributed by atoms with E-state index in [1.165, 1.54) is 0 Å². The molecule has 0 amide bonds. The first-order valence-electron chi connectivity index (χ1n) is 17.8. The number of unbranched alkanes of at least 4 members (excludes halogenated alkanes) is 8. The van der Waals surface area contributed by atoms with Crippen molar-refractivity contribution in [2.24, 2.45) is 0 Å². The van der Waals surface area contributed by atoms with Gasteiger partial charge in [-0.2, -0.15) is 0 Å². The predicted molar refractivity (Wildman–Crippen MR) is 183 cm³/mol. The number of rotatable bonds is 33. The van der Waals surface area contributed by atoms with Crippen LogP contribution in [0.1, 0.15) is 124 Å². The number of carbonyl (C=O) groups is 4. The summed E-state index contributed by atoms with van der Waals surface area (Å²) in [5.41, 5.74) is 0. The van der Waals surface area contributed by atoms with Crippen molar-refractivity contribution in [3.8, 4) is 0 Å². The van der Waals surface area contributed by atoms with Gasteiger partial charge in [-0.25, -0.2) is 9.13 Å². The number of phosphoric acid groups is 2. The van der Waals surface area contributed by atoms with Crippen LogP contribution in [-0.2, 0) is 65.4 Å². The number of ether oxygens (including phenoxy) is 4. The van der Waals surface area contributed by atoms with E-state index in [0.717, 1.165) is 51.4 Å². The van der Waals surface area contributed by atoms with Crippen LogP contribution in [0.4, 0.5) is 0 Å². The Bertz CT molecular complexity index is 1070. The van der Waals surface area contributed by atoms with Gasteiger partial charge in [0.1, 0.15) is 19.3 Å². The zero-order valence-corrected chi connectivity index (χ0v) is 32.3. The van der Waals surface area contributed by atoms with E-state index in [2.05, 4.69) is 6.92 Å². The minimum absolute atomic E-state index is 0.0494. The van der Waals surface area contributed by atoms with E-state index < -0.39 is 97.5 Å². The number of hydrogen-bond donors (Lipinski definition) is 3. The molecular weight excluding hydrogens is 718 g/mol. The van der Waals surface area contributed by atoms with Crippen molar-refractivity contribution < 1.29 is 80.2 Å². The van der Waals surface area contributed by atoms with Crippen LogP contribution in [0.2, 0.25) is 0 Å². The number of hydrogen-bond acceptors (Lipinski definition) is 15. The van der Waals surface area contributed by atoms with Gasteiger partial charge in [-0.3, -0.25) is 37.3 Å². The highest BCUT2D eigenvalue weighted by atomic mass is 31.2. The first-order valence-corrected chi connectivity index (χ1v) is 20.8. The second kappa shape index (κ2) is 29.5. The molecule has 0 spiro atoms. The molecule has 0 aliphatic heterocycles. The Labute approximate surface area is 301 Å². The van der Waals surface area contributed by atoms with Crippen LogP contribution in [-0.4, -0.2) is 96.7 Å². The highest BCUT2D eigenvalue weighted by Crippen LogP contribution is 2.45. The zero-order chi connectivity index (χ0) is 38.5. The Balaban J connectivity index is 4.95. The lowest BCUT2D eigenvalue weighted by molar-refractivity contribution is -0.161. The summed E-state index contributed by atoms with van der Waals surface area (Å²) in [6, 6.07) is 0. The predicted octanol–water partition coefficient (Wildman–Crippen LogP) is 5.46. The maximum absolute atomic E-state index is 12.5. The lowest BCUT2D eigenvalue weighted by Crippen LogP contribution is -2.30. The summed E-state index contributed by atoms with van der Waals surface area (Å²) in [6.45, 7) is 3.52. The normalized spacial score (nSPS) is 15.5. The third kappa shape index (κ3) is 29.2. The maximum Gasteiger partial charge on any atom is 0.472 e. The number of phosphoric ester groups is 2. The molecule has 0 fully saturated rings. The molecule has 0 bridgehead atoms. The zero-order valence-electron chi connectivity index (χ0n) is 30.5. The molecule has 0 aromatic rings. The molecule has 300 valence electrons. The summed E-state index contributed by atoms with van der Waals surface area (Å²) in [4.78, 5) is 68.2. The second-order valence-corrected chi connectivity index (χ2v) is 14.7. The average molecular weight is 779 g/mol. The van der Waals surface area contributed by atoms with Gasteiger partial charge in [-0.15, -0.1) is 0 Å². The van der Waals surface area contributed by atoms with Gasteiger partial charge < -0.3 is 33.8 Å². The van der Waals surface area contributed by atoms with Gasteiger partial charge >= 0.3 is 39.5 Å². The third-order valence-electron chi connectivity index (χ3n) is 6.91. The second-order valence-electron chi connectivity index (χ2n) is 11.8. The van der Waals surface area contributed by atoms with Gasteiger partial charge in [0.05, 0.1) is 26.4 Å². The van der Waals surface area contributed by atoms with E-state index in [1.54, 1.807) is 6.92 Å². The van der Waals surface area contributed by atoms with Gasteiger partial charge in [-0.1, -0.05) is 79.1 Å². The molecule has 0 aromatic heterocycles. The van der Waals surface area contributed by atoms with Gasteiger partial charge in [0, 0.05) is 25.7 Å². The summed E-state index contributed by atoms with van der Waals surface area (Å²) in [5.74, 6) is -2.34. The molecule has 0 saturated carbocycles. The molecule has 0 aliphatic carbocycles. The Hall–Kier alpha value is -1.94. The number of aliphatic hydroxyl groups is 1. The molecule has 0 aromatic carbocycles. The fourth-order valence-corrected chi connectivity index (χ4v) is 5.58. The van der Waals surface area contributed by atoms with Crippen molar-refractivity contribution in [3.63, 3.8) is 0 Å². The minimum Gasteiger partial charge on any atom is -0.462 e. The standard InChI is InChI=1S/C32H60O17P2/c1-5-9-12-14-16-19-32(37)49-28(23-43-30(35)17-11-7-3)25-47-51(40,41)45-21-26(33)20-44-50(38,39)46-24-27(22-42-29(34)8-4)48-31(36)18-15-13-10-6-2/h26-28,33H,5-25H2,1-4H3,(H,38,39)(H,40,41)/t26-,27+,28+/m0/s1. The van der Waals surface area contributed by atoms with Gasteiger partial charge in [-0.05, 0) is 19.3 Å². The van der Waals surface area contributed by atoms with Crippen LogP contribution < -0.4 is 0 Å². The fourth-order valence-electron chi connectivity index (χ4n) is 4.00. The van der Waals surface area contributed by atoms with E-state index in [4.69, 9.17) is 37.0 Å². The summed E-state index contributed by atoms with van der Waals surface area (Å²) in [6.07, 6.45) is 5.31. The lowest BCUT2D eigenvalue weighted by atomic mass is 10.1. The number of aliphatic hydroxyl groups excluding tert-OH is 1. The quantitative estimate of drug-likeness (QED) is 0.0325. The number of carbonyl (C=O) groups excluding carboxylic acids is 4. The van der Waals surface area contributed by atoms with E-state index in [9.17, 15) is 43.2 Å². The van der Waals surface area contributed by atoms with Crippen LogP contribution in [0.5, 0.6) is 0 Å². The SMILES string of the molecule is CCCCCCCC(=O)O[C@H](COC(=O)CCCC)COP(=O)(O)OC[C@@H](O)COP(=O)(O)OC[C@@H](COC(=O)CC)OC(=O)CCCCCC. The van der Waals surface area contributed by atoms with Gasteiger partial charge in [0.25, 0.3) is 0 Å². The minimum atomic E-state index is -4.88. The largest absolute Gasteiger partial charge is 0.472 e. The fraction of sp³-hybridized carbons (Fsp3) is 0.875. The van der Waals surface area contributed by atoms with Crippen LogP contribution in [0.3, 0.4) is 0 Å². The Kier molecular flexibility index (Phi) is 28.4. The van der Waals surface area contributed by atoms with E-state index >= 15 is 0 Å². The van der Waals surface area contributed by atoms with E-state index in [-0.39, 0.29) is 25.7 Å². The Morgan fingerprint density at radius 2 is 0.863 bits per heavy atom. The van der Waals surface area contributed by atoms with E-state index in [0.29, 0.717) is 19.3 Å². The van der Waals surface area contributed by atoms with Crippen molar-refractivity contribution in [3.05, 3.63) is 0 Å². The first kappa shape index (κ1) is 49.1.